The predicted molar refractivity (Wildman–Crippen MR) is 85.3 cm³/mol. The summed E-state index contributed by atoms with van der Waals surface area (Å²) in [6, 6.07) is 1.98. The van der Waals surface area contributed by atoms with Gasteiger partial charge in [-0.1, -0.05) is 23.7 Å². The molecule has 1 aromatic heterocycles. The third-order valence-corrected chi connectivity index (χ3v) is 3.75. The fourth-order valence-electron chi connectivity index (χ4n) is 2.47. The maximum absolute atomic E-state index is 5.25. The van der Waals surface area contributed by atoms with Crippen molar-refractivity contribution >= 4 is 5.96 Å². The Labute approximate surface area is 126 Å². The Balaban J connectivity index is 1.69. The lowest BCUT2D eigenvalue weighted by Gasteiger charge is -2.14. The maximum Gasteiger partial charge on any atom is 0.191 e. The maximum atomic E-state index is 5.25. The standard InChI is InChI=1S/C16H26N4O/c1-3-14-11-15(21-20-14)12-19-16(17-2)18-10-9-13-7-5-4-6-8-13/h7,11H,3-6,8-10,12H2,1-2H3,(H2,17,18,19). The van der Waals surface area contributed by atoms with Gasteiger partial charge in [-0.3, -0.25) is 4.99 Å². The summed E-state index contributed by atoms with van der Waals surface area (Å²) < 4.78 is 5.25. The summed E-state index contributed by atoms with van der Waals surface area (Å²) in [5, 5.41) is 10.6. The number of aromatic nitrogens is 1. The van der Waals surface area contributed by atoms with Crippen LogP contribution in [0, 0.1) is 0 Å². The van der Waals surface area contributed by atoms with Crippen LogP contribution < -0.4 is 10.6 Å². The Bertz CT molecular complexity index is 490. The van der Waals surface area contributed by atoms with Crippen molar-refractivity contribution in [3.8, 4) is 0 Å². The van der Waals surface area contributed by atoms with Crippen molar-refractivity contribution in [2.45, 2.75) is 52.0 Å². The molecule has 2 rings (SSSR count). The lowest BCUT2D eigenvalue weighted by molar-refractivity contribution is 0.374. The quantitative estimate of drug-likeness (QED) is 0.480. The van der Waals surface area contributed by atoms with Crippen molar-refractivity contribution in [1.82, 2.24) is 15.8 Å². The minimum atomic E-state index is 0.607. The zero-order valence-electron chi connectivity index (χ0n) is 13.1. The average molecular weight is 290 g/mol. The van der Waals surface area contributed by atoms with E-state index in [9.17, 15) is 0 Å². The number of hydrogen-bond donors (Lipinski definition) is 2. The van der Waals surface area contributed by atoms with Crippen molar-refractivity contribution in [2.24, 2.45) is 4.99 Å². The lowest BCUT2D eigenvalue weighted by Crippen LogP contribution is -2.37. The molecule has 1 aliphatic carbocycles. The first-order chi connectivity index (χ1) is 10.3. The van der Waals surface area contributed by atoms with Crippen molar-refractivity contribution in [2.75, 3.05) is 13.6 Å². The molecule has 0 bridgehead atoms. The minimum absolute atomic E-state index is 0.607. The van der Waals surface area contributed by atoms with E-state index < -0.39 is 0 Å². The van der Waals surface area contributed by atoms with E-state index in [-0.39, 0.29) is 0 Å². The molecule has 0 saturated heterocycles. The summed E-state index contributed by atoms with van der Waals surface area (Å²) >= 11 is 0. The van der Waals surface area contributed by atoms with Gasteiger partial charge in [0.1, 0.15) is 0 Å². The van der Waals surface area contributed by atoms with Gasteiger partial charge in [-0.2, -0.15) is 0 Å². The highest BCUT2D eigenvalue weighted by molar-refractivity contribution is 5.79. The van der Waals surface area contributed by atoms with Crippen LogP contribution in [0.25, 0.3) is 0 Å². The number of aryl methyl sites for hydroxylation is 1. The average Bonchev–Trinajstić information content (AvgIpc) is 3.00. The van der Waals surface area contributed by atoms with Crippen LogP contribution in [0.1, 0.15) is 50.5 Å². The van der Waals surface area contributed by atoms with E-state index in [1.165, 1.54) is 25.7 Å². The van der Waals surface area contributed by atoms with E-state index in [2.05, 4.69) is 33.8 Å². The van der Waals surface area contributed by atoms with E-state index in [1.54, 1.807) is 12.6 Å². The van der Waals surface area contributed by atoms with Gasteiger partial charge in [-0.05, 0) is 38.5 Å². The fraction of sp³-hybridized carbons (Fsp3) is 0.625. The topological polar surface area (TPSA) is 62.5 Å². The van der Waals surface area contributed by atoms with E-state index in [1.807, 2.05) is 6.07 Å². The summed E-state index contributed by atoms with van der Waals surface area (Å²) in [7, 11) is 1.78. The number of guanidine groups is 1. The van der Waals surface area contributed by atoms with Crippen molar-refractivity contribution in [3.63, 3.8) is 0 Å². The van der Waals surface area contributed by atoms with E-state index in [0.717, 1.165) is 36.8 Å². The third kappa shape index (κ3) is 5.25. The molecule has 0 amide bonds. The van der Waals surface area contributed by atoms with E-state index in [0.29, 0.717) is 6.54 Å². The molecule has 116 valence electrons. The summed E-state index contributed by atoms with van der Waals surface area (Å²) in [4.78, 5) is 4.23. The first-order valence-corrected chi connectivity index (χ1v) is 7.88. The van der Waals surface area contributed by atoms with Crippen LogP contribution in [0.15, 0.2) is 27.2 Å². The van der Waals surface area contributed by atoms with Gasteiger partial charge in [0.2, 0.25) is 0 Å². The normalized spacial score (nSPS) is 15.7. The van der Waals surface area contributed by atoms with Crippen molar-refractivity contribution < 1.29 is 4.52 Å². The summed E-state index contributed by atoms with van der Waals surface area (Å²) in [5.41, 5.74) is 2.56. The Morgan fingerprint density at radius 3 is 2.95 bits per heavy atom. The van der Waals surface area contributed by atoms with Gasteiger partial charge >= 0.3 is 0 Å². The second-order valence-corrected chi connectivity index (χ2v) is 5.35. The second-order valence-electron chi connectivity index (χ2n) is 5.35. The number of aliphatic imine (C=N–C) groups is 1. The van der Waals surface area contributed by atoms with Crippen LogP contribution in [0.3, 0.4) is 0 Å². The molecular weight excluding hydrogens is 264 g/mol. The molecule has 1 heterocycles. The van der Waals surface area contributed by atoms with Gasteiger partial charge in [0, 0.05) is 19.7 Å². The smallest absolute Gasteiger partial charge is 0.191 e. The molecule has 5 heteroatoms. The molecule has 5 nitrogen and oxygen atoms in total. The van der Waals surface area contributed by atoms with Crippen molar-refractivity contribution in [3.05, 3.63) is 29.2 Å². The first kappa shape index (κ1) is 15.6. The Morgan fingerprint density at radius 2 is 2.29 bits per heavy atom. The van der Waals surface area contributed by atoms with Crippen molar-refractivity contribution in [1.29, 1.82) is 0 Å². The first-order valence-electron chi connectivity index (χ1n) is 7.88. The third-order valence-electron chi connectivity index (χ3n) is 3.75. The highest BCUT2D eigenvalue weighted by Crippen LogP contribution is 2.19. The molecule has 0 aromatic carbocycles. The van der Waals surface area contributed by atoms with Crippen LogP contribution in [0.2, 0.25) is 0 Å². The number of nitrogens with zero attached hydrogens (tertiary/aromatic N) is 2. The largest absolute Gasteiger partial charge is 0.359 e. The van der Waals surface area contributed by atoms with E-state index >= 15 is 0 Å². The van der Waals surface area contributed by atoms with Gasteiger partial charge in [0.25, 0.3) is 0 Å². The predicted octanol–water partition coefficient (Wildman–Crippen LogP) is 2.79. The highest BCUT2D eigenvalue weighted by atomic mass is 16.5. The minimum Gasteiger partial charge on any atom is -0.359 e. The molecule has 0 radical (unpaired) electrons. The summed E-state index contributed by atoms with van der Waals surface area (Å²) in [5.74, 6) is 1.64. The van der Waals surface area contributed by atoms with Gasteiger partial charge in [-0.15, -0.1) is 0 Å². The number of rotatable bonds is 6. The molecule has 0 saturated carbocycles. The Hall–Kier alpha value is -1.78. The molecule has 0 aliphatic heterocycles. The van der Waals surface area contributed by atoms with Crippen LogP contribution in [0.4, 0.5) is 0 Å². The SMILES string of the molecule is CCc1cc(CNC(=NC)NCCC2=CCCCC2)on1. The van der Waals surface area contributed by atoms with Gasteiger partial charge in [-0.25, -0.2) is 0 Å². The van der Waals surface area contributed by atoms with Gasteiger partial charge < -0.3 is 15.2 Å². The highest BCUT2D eigenvalue weighted by Gasteiger charge is 2.06. The summed E-state index contributed by atoms with van der Waals surface area (Å²) in [6.45, 7) is 3.59. The number of allylic oxidation sites excluding steroid dienone is 1. The number of hydrogen-bond acceptors (Lipinski definition) is 3. The molecule has 0 atom stereocenters. The molecule has 1 aromatic rings. The monoisotopic (exact) mass is 290 g/mol. The van der Waals surface area contributed by atoms with Crippen LogP contribution >= 0.6 is 0 Å². The molecule has 21 heavy (non-hydrogen) atoms. The number of nitrogens with one attached hydrogen (secondary N) is 2. The Morgan fingerprint density at radius 1 is 1.38 bits per heavy atom. The van der Waals surface area contributed by atoms with Crippen LogP contribution in [0.5, 0.6) is 0 Å². The van der Waals surface area contributed by atoms with Crippen LogP contribution in [-0.2, 0) is 13.0 Å². The molecule has 0 spiro atoms. The molecular formula is C16H26N4O. The molecule has 0 fully saturated rings. The zero-order valence-corrected chi connectivity index (χ0v) is 13.1. The zero-order chi connectivity index (χ0) is 14.9. The fourth-order valence-corrected chi connectivity index (χ4v) is 2.47. The Kier molecular flexibility index (Phi) is 6.31. The molecule has 1 aliphatic rings. The van der Waals surface area contributed by atoms with Gasteiger partial charge in [0.05, 0.1) is 12.2 Å². The second kappa shape index (κ2) is 8.49. The lowest BCUT2D eigenvalue weighted by atomic mass is 9.97. The summed E-state index contributed by atoms with van der Waals surface area (Å²) in [6.07, 6.45) is 9.57. The van der Waals surface area contributed by atoms with Crippen LogP contribution in [-0.4, -0.2) is 24.7 Å². The van der Waals surface area contributed by atoms with E-state index in [4.69, 9.17) is 4.52 Å². The molecule has 0 unspecified atom stereocenters. The molecule has 2 N–H and O–H groups in total. The van der Waals surface area contributed by atoms with Gasteiger partial charge in [0.15, 0.2) is 11.7 Å².